The van der Waals surface area contributed by atoms with Crippen molar-refractivity contribution < 1.29 is 4.42 Å². The molecule has 0 unspecified atom stereocenters. The van der Waals surface area contributed by atoms with Crippen LogP contribution in [0.5, 0.6) is 0 Å². The maximum absolute atomic E-state index is 5.98. The van der Waals surface area contributed by atoms with Gasteiger partial charge in [-0.05, 0) is 40.9 Å². The quantitative estimate of drug-likeness (QED) is 0.786. The zero-order chi connectivity index (χ0) is 11.1. The highest BCUT2D eigenvalue weighted by Gasteiger charge is 2.26. The van der Waals surface area contributed by atoms with Gasteiger partial charge in [0.1, 0.15) is 5.15 Å². The summed E-state index contributed by atoms with van der Waals surface area (Å²) in [4.78, 5) is 8.66. The van der Waals surface area contributed by atoms with E-state index in [0.717, 1.165) is 10.2 Å². The predicted molar refractivity (Wildman–Crippen MR) is 64.4 cm³/mol. The molecule has 82 valence electrons. The molecule has 0 amide bonds. The third-order valence-corrected chi connectivity index (χ3v) is 3.35. The summed E-state index contributed by atoms with van der Waals surface area (Å²) in [6.07, 6.45) is 3.97. The molecule has 0 aliphatic heterocycles. The van der Waals surface area contributed by atoms with E-state index in [4.69, 9.17) is 16.0 Å². The Labute approximate surface area is 106 Å². The average molecular weight is 300 g/mol. The van der Waals surface area contributed by atoms with Crippen molar-refractivity contribution in [3.8, 4) is 11.6 Å². The molecule has 0 spiro atoms. The topological polar surface area (TPSA) is 38.9 Å². The van der Waals surface area contributed by atoms with Crippen molar-refractivity contribution in [1.29, 1.82) is 0 Å². The fraction of sp³-hybridized carbons (Fsp3) is 0.273. The lowest BCUT2D eigenvalue weighted by molar-refractivity contribution is 0.575. The summed E-state index contributed by atoms with van der Waals surface area (Å²) < 4.78 is 6.17. The lowest BCUT2D eigenvalue weighted by Crippen LogP contribution is -1.94. The Morgan fingerprint density at radius 1 is 1.38 bits per heavy atom. The molecule has 5 heteroatoms. The molecule has 0 saturated heterocycles. The molecule has 2 heterocycles. The smallest absolute Gasteiger partial charge is 0.198 e. The first-order valence-corrected chi connectivity index (χ1v) is 6.19. The van der Waals surface area contributed by atoms with E-state index < -0.39 is 0 Å². The van der Waals surface area contributed by atoms with Crippen molar-refractivity contribution in [2.45, 2.75) is 18.8 Å². The third kappa shape index (κ3) is 1.87. The monoisotopic (exact) mass is 298 g/mol. The largest absolute Gasteiger partial charge is 0.460 e. The lowest BCUT2D eigenvalue weighted by atomic mass is 10.3. The molecule has 0 radical (unpaired) electrons. The van der Waals surface area contributed by atoms with E-state index in [1.165, 1.54) is 12.8 Å². The molecule has 1 saturated carbocycles. The maximum atomic E-state index is 5.98. The van der Waals surface area contributed by atoms with Gasteiger partial charge in [0, 0.05) is 11.6 Å². The SMILES string of the molecule is Clc1cc(C2CC2)nc(-c2occc2Br)n1. The van der Waals surface area contributed by atoms with E-state index in [0.29, 0.717) is 22.7 Å². The molecule has 1 fully saturated rings. The summed E-state index contributed by atoms with van der Waals surface area (Å²) in [6, 6.07) is 3.65. The van der Waals surface area contributed by atoms with Crippen LogP contribution in [0, 0.1) is 0 Å². The zero-order valence-electron chi connectivity index (χ0n) is 8.28. The van der Waals surface area contributed by atoms with E-state index in [1.54, 1.807) is 6.26 Å². The van der Waals surface area contributed by atoms with Gasteiger partial charge in [-0.25, -0.2) is 9.97 Å². The highest BCUT2D eigenvalue weighted by molar-refractivity contribution is 9.10. The molecule has 0 atom stereocenters. The van der Waals surface area contributed by atoms with E-state index in [9.17, 15) is 0 Å². The van der Waals surface area contributed by atoms with Crippen molar-refractivity contribution in [2.75, 3.05) is 0 Å². The summed E-state index contributed by atoms with van der Waals surface area (Å²) in [7, 11) is 0. The fourth-order valence-corrected chi connectivity index (χ4v) is 2.15. The van der Waals surface area contributed by atoms with Crippen molar-refractivity contribution >= 4 is 27.5 Å². The number of hydrogen-bond donors (Lipinski definition) is 0. The summed E-state index contributed by atoms with van der Waals surface area (Å²) in [6.45, 7) is 0. The Morgan fingerprint density at radius 2 is 2.19 bits per heavy atom. The van der Waals surface area contributed by atoms with Gasteiger partial charge in [0.15, 0.2) is 11.6 Å². The van der Waals surface area contributed by atoms with E-state index in [-0.39, 0.29) is 0 Å². The van der Waals surface area contributed by atoms with Crippen LogP contribution in [0.1, 0.15) is 24.5 Å². The van der Waals surface area contributed by atoms with Gasteiger partial charge in [-0.2, -0.15) is 0 Å². The van der Waals surface area contributed by atoms with Crippen LogP contribution in [0.3, 0.4) is 0 Å². The van der Waals surface area contributed by atoms with Gasteiger partial charge >= 0.3 is 0 Å². The third-order valence-electron chi connectivity index (χ3n) is 2.53. The second-order valence-electron chi connectivity index (χ2n) is 3.81. The summed E-state index contributed by atoms with van der Waals surface area (Å²) in [5, 5.41) is 0.468. The molecular weight excluding hydrogens is 291 g/mol. The molecule has 0 bridgehead atoms. The summed E-state index contributed by atoms with van der Waals surface area (Å²) >= 11 is 9.37. The van der Waals surface area contributed by atoms with Crippen LogP contribution in [0.4, 0.5) is 0 Å². The van der Waals surface area contributed by atoms with Crippen molar-refractivity contribution in [3.05, 3.63) is 33.7 Å². The van der Waals surface area contributed by atoms with Gasteiger partial charge in [0.2, 0.25) is 0 Å². The van der Waals surface area contributed by atoms with Gasteiger partial charge in [0.05, 0.1) is 10.7 Å². The molecule has 16 heavy (non-hydrogen) atoms. The second-order valence-corrected chi connectivity index (χ2v) is 5.05. The summed E-state index contributed by atoms with van der Waals surface area (Å²) in [5.74, 6) is 1.73. The van der Waals surface area contributed by atoms with Crippen molar-refractivity contribution in [1.82, 2.24) is 9.97 Å². The van der Waals surface area contributed by atoms with Gasteiger partial charge in [-0.15, -0.1) is 0 Å². The highest BCUT2D eigenvalue weighted by Crippen LogP contribution is 2.40. The van der Waals surface area contributed by atoms with Crippen LogP contribution in [-0.2, 0) is 0 Å². The minimum Gasteiger partial charge on any atom is -0.460 e. The normalized spacial score (nSPS) is 15.4. The Kier molecular flexibility index (Phi) is 2.48. The minimum absolute atomic E-state index is 0.468. The van der Waals surface area contributed by atoms with Crippen LogP contribution in [0.15, 0.2) is 27.3 Å². The minimum atomic E-state index is 0.468. The van der Waals surface area contributed by atoms with Gasteiger partial charge in [-0.1, -0.05) is 11.6 Å². The van der Waals surface area contributed by atoms with E-state index >= 15 is 0 Å². The van der Waals surface area contributed by atoms with Crippen LogP contribution < -0.4 is 0 Å². The number of hydrogen-bond acceptors (Lipinski definition) is 3. The van der Waals surface area contributed by atoms with Crippen LogP contribution in [0.2, 0.25) is 5.15 Å². The van der Waals surface area contributed by atoms with Crippen LogP contribution >= 0.6 is 27.5 Å². The molecule has 1 aliphatic carbocycles. The fourth-order valence-electron chi connectivity index (χ4n) is 1.58. The van der Waals surface area contributed by atoms with Crippen LogP contribution in [-0.4, -0.2) is 9.97 Å². The maximum Gasteiger partial charge on any atom is 0.198 e. The summed E-state index contributed by atoms with van der Waals surface area (Å²) in [5.41, 5.74) is 1.01. The number of halogens is 2. The number of nitrogens with zero attached hydrogens (tertiary/aromatic N) is 2. The Morgan fingerprint density at radius 3 is 2.81 bits per heavy atom. The number of rotatable bonds is 2. The Bertz CT molecular complexity index is 537. The first kappa shape index (κ1) is 10.3. The van der Waals surface area contributed by atoms with Gasteiger partial charge < -0.3 is 4.42 Å². The molecule has 2 aromatic rings. The molecule has 3 rings (SSSR count). The Hall–Kier alpha value is -0.870. The number of aromatic nitrogens is 2. The molecule has 3 nitrogen and oxygen atoms in total. The zero-order valence-corrected chi connectivity index (χ0v) is 10.6. The van der Waals surface area contributed by atoms with E-state index in [2.05, 4.69) is 25.9 Å². The molecule has 2 aromatic heterocycles. The average Bonchev–Trinajstić information content (AvgIpc) is 3.01. The molecule has 1 aliphatic rings. The molecule has 0 aromatic carbocycles. The first-order valence-electron chi connectivity index (χ1n) is 5.02. The number of furan rings is 1. The lowest BCUT2D eigenvalue weighted by Gasteiger charge is -2.02. The second kappa shape index (κ2) is 3.86. The van der Waals surface area contributed by atoms with Crippen molar-refractivity contribution in [3.63, 3.8) is 0 Å². The molecular formula is C11H8BrClN2O. The van der Waals surface area contributed by atoms with Gasteiger partial charge in [0.25, 0.3) is 0 Å². The predicted octanol–water partition coefficient (Wildman–Crippen LogP) is 4.03. The van der Waals surface area contributed by atoms with Gasteiger partial charge in [-0.3, -0.25) is 0 Å². The molecule has 0 N–H and O–H groups in total. The highest BCUT2D eigenvalue weighted by atomic mass is 79.9. The standard InChI is InChI=1S/C11H8BrClN2O/c12-7-3-4-16-10(7)11-14-8(6-1-2-6)5-9(13)15-11/h3-6H,1-2H2. The van der Waals surface area contributed by atoms with Crippen LogP contribution in [0.25, 0.3) is 11.6 Å². The first-order chi connectivity index (χ1) is 7.74. The van der Waals surface area contributed by atoms with Crippen molar-refractivity contribution in [2.24, 2.45) is 0 Å². The Balaban J connectivity index is 2.10. The van der Waals surface area contributed by atoms with E-state index in [1.807, 2.05) is 12.1 Å².